The van der Waals surface area contributed by atoms with Crippen LogP contribution in [0.2, 0.25) is 0 Å². The molecule has 4 N–H and O–H groups in total. The van der Waals surface area contributed by atoms with Gasteiger partial charge in [0.2, 0.25) is 5.91 Å². The number of rotatable bonds is 13. The van der Waals surface area contributed by atoms with Crippen LogP contribution in [0.25, 0.3) is 0 Å². The highest BCUT2D eigenvalue weighted by molar-refractivity contribution is 7.99. The molecule has 1 saturated heterocycles. The zero-order chi connectivity index (χ0) is 25.0. The molecule has 0 aliphatic carbocycles. The highest BCUT2D eigenvalue weighted by Gasteiger charge is 2.32. The summed E-state index contributed by atoms with van der Waals surface area (Å²) in [5, 5.41) is 29.9. The Bertz CT molecular complexity index is 936. The number of carboxylic acids is 1. The normalized spacial score (nSPS) is 19.9. The van der Waals surface area contributed by atoms with Crippen LogP contribution < -0.4 is 5.32 Å². The maximum atomic E-state index is 11.9. The fourth-order valence-corrected chi connectivity index (χ4v) is 4.56. The minimum atomic E-state index is -0.904. The standard InChI is InChI=1S/C26H33NO7S/c28-12-13-35-17-22-14-23(20-8-6-19(16-29)7-9-20)34-26(33-22)21-10-4-18(5-11-21)15-27-24(30)2-1-3-25(31)32/h4-11,22-23,26,28-29H,1-3,12-17H2,(H,27,30)(H,31,32)/t22-,23+,26+/m0/s1. The van der Waals surface area contributed by atoms with Crippen molar-refractivity contribution < 1.29 is 34.4 Å². The number of thioether (sulfide) groups is 1. The summed E-state index contributed by atoms with van der Waals surface area (Å²) in [5.41, 5.74) is 3.66. The zero-order valence-electron chi connectivity index (χ0n) is 19.6. The monoisotopic (exact) mass is 503 g/mol. The minimum Gasteiger partial charge on any atom is -0.481 e. The third-order valence-corrected chi connectivity index (χ3v) is 6.77. The maximum Gasteiger partial charge on any atom is 0.303 e. The Hall–Kier alpha value is -2.43. The van der Waals surface area contributed by atoms with Crippen molar-refractivity contribution in [2.45, 2.75) is 57.3 Å². The molecule has 2 aromatic carbocycles. The van der Waals surface area contributed by atoms with E-state index in [0.29, 0.717) is 25.1 Å². The second-order valence-corrected chi connectivity index (χ2v) is 9.56. The van der Waals surface area contributed by atoms with E-state index in [-0.39, 0.29) is 44.2 Å². The van der Waals surface area contributed by atoms with E-state index < -0.39 is 12.3 Å². The van der Waals surface area contributed by atoms with Gasteiger partial charge in [-0.2, -0.15) is 11.8 Å². The van der Waals surface area contributed by atoms with Crippen LogP contribution in [0, 0.1) is 0 Å². The van der Waals surface area contributed by atoms with Crippen LogP contribution in [0.1, 0.15) is 60.3 Å². The number of ether oxygens (including phenoxy) is 2. The lowest BCUT2D eigenvalue weighted by molar-refractivity contribution is -0.245. The van der Waals surface area contributed by atoms with Crippen LogP contribution in [-0.2, 0) is 32.2 Å². The Labute approximate surface area is 209 Å². The fourth-order valence-electron chi connectivity index (χ4n) is 3.78. The van der Waals surface area contributed by atoms with Gasteiger partial charge in [-0.05, 0) is 23.1 Å². The lowest BCUT2D eigenvalue weighted by Gasteiger charge is -2.36. The topological polar surface area (TPSA) is 125 Å². The van der Waals surface area contributed by atoms with E-state index >= 15 is 0 Å². The van der Waals surface area contributed by atoms with E-state index in [9.17, 15) is 14.7 Å². The minimum absolute atomic E-state index is 0.00684. The molecule has 1 heterocycles. The molecule has 3 atom stereocenters. The Morgan fingerprint density at radius 3 is 2.29 bits per heavy atom. The number of aliphatic carboxylic acids is 1. The van der Waals surface area contributed by atoms with Crippen molar-refractivity contribution in [1.29, 1.82) is 0 Å². The van der Waals surface area contributed by atoms with Crippen molar-refractivity contribution in [1.82, 2.24) is 5.32 Å². The first-order chi connectivity index (χ1) is 17.0. The van der Waals surface area contributed by atoms with Crippen molar-refractivity contribution in [2.75, 3.05) is 18.1 Å². The van der Waals surface area contributed by atoms with Crippen LogP contribution >= 0.6 is 11.8 Å². The van der Waals surface area contributed by atoms with Crippen molar-refractivity contribution in [3.8, 4) is 0 Å². The van der Waals surface area contributed by atoms with Crippen LogP contribution in [0.5, 0.6) is 0 Å². The van der Waals surface area contributed by atoms with Crippen molar-refractivity contribution in [3.63, 3.8) is 0 Å². The summed E-state index contributed by atoms with van der Waals surface area (Å²) in [4.78, 5) is 22.5. The molecule has 1 aliphatic heterocycles. The van der Waals surface area contributed by atoms with E-state index in [1.807, 2.05) is 48.5 Å². The van der Waals surface area contributed by atoms with Gasteiger partial charge in [0.05, 0.1) is 25.4 Å². The third-order valence-electron chi connectivity index (χ3n) is 5.69. The van der Waals surface area contributed by atoms with E-state index in [1.54, 1.807) is 11.8 Å². The number of carbonyl (C=O) groups is 2. The first kappa shape index (κ1) is 27.2. The maximum absolute atomic E-state index is 11.9. The molecule has 190 valence electrons. The van der Waals surface area contributed by atoms with Crippen LogP contribution in [0.15, 0.2) is 48.5 Å². The molecular weight excluding hydrogens is 470 g/mol. The quantitative estimate of drug-likeness (QED) is 0.307. The molecule has 3 rings (SSSR count). The van der Waals surface area contributed by atoms with Gasteiger partial charge in [0.25, 0.3) is 0 Å². The molecule has 1 amide bonds. The zero-order valence-corrected chi connectivity index (χ0v) is 20.4. The summed E-state index contributed by atoms with van der Waals surface area (Å²) < 4.78 is 12.5. The van der Waals surface area contributed by atoms with Crippen molar-refractivity contribution >= 4 is 23.6 Å². The highest BCUT2D eigenvalue weighted by atomic mass is 32.2. The van der Waals surface area contributed by atoms with Gasteiger partial charge < -0.3 is 30.1 Å². The second-order valence-electron chi connectivity index (χ2n) is 8.41. The van der Waals surface area contributed by atoms with E-state index in [4.69, 9.17) is 19.7 Å². The molecule has 8 nitrogen and oxygen atoms in total. The first-order valence-corrected chi connectivity index (χ1v) is 12.9. The summed E-state index contributed by atoms with van der Waals surface area (Å²) in [7, 11) is 0. The Morgan fingerprint density at radius 2 is 1.63 bits per heavy atom. The molecule has 1 aliphatic rings. The number of aliphatic hydroxyl groups is 2. The second kappa shape index (κ2) is 14.2. The summed E-state index contributed by atoms with van der Waals surface area (Å²) in [6, 6.07) is 15.4. The van der Waals surface area contributed by atoms with Crippen LogP contribution in [0.3, 0.4) is 0 Å². The summed E-state index contributed by atoms with van der Waals surface area (Å²) in [6.07, 6.45) is 0.423. The number of carbonyl (C=O) groups excluding carboxylic acids is 1. The molecule has 0 saturated carbocycles. The molecule has 35 heavy (non-hydrogen) atoms. The molecule has 0 bridgehead atoms. The van der Waals surface area contributed by atoms with Gasteiger partial charge in [-0.15, -0.1) is 0 Å². The van der Waals surface area contributed by atoms with Gasteiger partial charge in [0.1, 0.15) is 0 Å². The summed E-state index contributed by atoms with van der Waals surface area (Å²) in [5.74, 6) is 0.321. The van der Waals surface area contributed by atoms with Crippen LogP contribution in [-0.4, -0.2) is 51.4 Å². The molecule has 9 heteroatoms. The Kier molecular flexibility index (Phi) is 11.0. The Morgan fingerprint density at radius 1 is 0.943 bits per heavy atom. The number of hydrogen-bond acceptors (Lipinski definition) is 7. The first-order valence-electron chi connectivity index (χ1n) is 11.7. The highest BCUT2D eigenvalue weighted by Crippen LogP contribution is 2.38. The predicted molar refractivity (Wildman–Crippen MR) is 133 cm³/mol. The number of carboxylic acid groups (broad SMARTS) is 1. The van der Waals surface area contributed by atoms with E-state index in [0.717, 1.165) is 28.0 Å². The van der Waals surface area contributed by atoms with Gasteiger partial charge >= 0.3 is 5.97 Å². The number of aliphatic hydroxyl groups excluding tert-OH is 2. The number of benzene rings is 2. The predicted octanol–water partition coefficient (Wildman–Crippen LogP) is 3.32. The van der Waals surface area contributed by atoms with Gasteiger partial charge in [-0.25, -0.2) is 0 Å². The third kappa shape index (κ3) is 8.94. The molecule has 1 fully saturated rings. The molecule has 0 aromatic heterocycles. The van der Waals surface area contributed by atoms with Gasteiger partial charge in [0, 0.05) is 42.9 Å². The van der Waals surface area contributed by atoms with Crippen LogP contribution in [0.4, 0.5) is 0 Å². The van der Waals surface area contributed by atoms with Gasteiger partial charge in [-0.3, -0.25) is 9.59 Å². The molecule has 0 spiro atoms. The number of nitrogens with one attached hydrogen (secondary N) is 1. The number of amides is 1. The fraction of sp³-hybridized carbons (Fsp3) is 0.462. The SMILES string of the molecule is O=C(O)CCCC(=O)NCc1ccc([C@@H]2O[C@H](CSCCO)C[C@H](c3ccc(CO)cc3)O2)cc1. The largest absolute Gasteiger partial charge is 0.481 e. The lowest BCUT2D eigenvalue weighted by Crippen LogP contribution is -2.31. The van der Waals surface area contributed by atoms with Gasteiger partial charge in [0.15, 0.2) is 6.29 Å². The average Bonchev–Trinajstić information content (AvgIpc) is 2.87. The molecule has 0 radical (unpaired) electrons. The van der Waals surface area contributed by atoms with Crippen molar-refractivity contribution in [3.05, 3.63) is 70.8 Å². The molecular formula is C26H33NO7S. The average molecular weight is 504 g/mol. The summed E-state index contributed by atoms with van der Waals surface area (Å²) >= 11 is 1.64. The molecule has 2 aromatic rings. The molecule has 0 unspecified atom stereocenters. The van der Waals surface area contributed by atoms with Gasteiger partial charge in [-0.1, -0.05) is 48.5 Å². The summed E-state index contributed by atoms with van der Waals surface area (Å²) in [6.45, 7) is 0.479. The van der Waals surface area contributed by atoms with E-state index in [1.165, 1.54) is 0 Å². The van der Waals surface area contributed by atoms with Crippen molar-refractivity contribution in [2.24, 2.45) is 0 Å². The number of hydrogen-bond donors (Lipinski definition) is 4. The van der Waals surface area contributed by atoms with E-state index in [2.05, 4.69) is 5.32 Å². The lowest BCUT2D eigenvalue weighted by atomic mass is 10.0. The Balaban J connectivity index is 1.62. The smallest absolute Gasteiger partial charge is 0.303 e.